The summed E-state index contributed by atoms with van der Waals surface area (Å²) in [6.07, 6.45) is 1.48. The Hall–Kier alpha value is -0.740. The second-order valence-electron chi connectivity index (χ2n) is 4.02. The maximum absolute atomic E-state index is 10.1. The number of benzene rings is 1. The van der Waals surface area contributed by atoms with Crippen molar-refractivity contribution < 1.29 is 5.11 Å². The molecule has 16 heavy (non-hydrogen) atoms. The monoisotopic (exact) mass is 286 g/mol. The molecule has 1 aromatic carbocycles. The minimum Gasteiger partial charge on any atom is -0.399 e. The number of hydrogen-bond acceptors (Lipinski definition) is 3. The van der Waals surface area contributed by atoms with E-state index in [-0.39, 0.29) is 0 Å². The molecule has 0 spiro atoms. The van der Waals surface area contributed by atoms with Crippen molar-refractivity contribution in [1.29, 1.82) is 0 Å². The maximum atomic E-state index is 10.1. The fraction of sp³-hybridized carbons (Fsp3) is 0.500. The van der Waals surface area contributed by atoms with Gasteiger partial charge in [0.1, 0.15) is 0 Å². The third-order valence-corrected chi connectivity index (χ3v) is 3.57. The first kappa shape index (κ1) is 13.3. The van der Waals surface area contributed by atoms with E-state index in [4.69, 9.17) is 5.73 Å². The predicted molar refractivity (Wildman–Crippen MR) is 72.6 cm³/mol. The van der Waals surface area contributed by atoms with Gasteiger partial charge in [-0.2, -0.15) is 0 Å². The van der Waals surface area contributed by atoms with Gasteiger partial charge in [-0.1, -0.05) is 13.8 Å². The number of nitrogens with one attached hydrogen (secondary N) is 1. The van der Waals surface area contributed by atoms with Gasteiger partial charge in [0.2, 0.25) is 0 Å². The van der Waals surface area contributed by atoms with Crippen molar-refractivity contribution in [3.63, 3.8) is 0 Å². The van der Waals surface area contributed by atoms with Crippen molar-refractivity contribution >= 4 is 27.3 Å². The molecule has 4 N–H and O–H groups in total. The summed E-state index contributed by atoms with van der Waals surface area (Å²) in [5.74, 6) is 0. The summed E-state index contributed by atoms with van der Waals surface area (Å²) in [7, 11) is 0. The molecule has 0 aliphatic carbocycles. The number of hydrogen-bond donors (Lipinski definition) is 3. The fourth-order valence-corrected chi connectivity index (χ4v) is 1.97. The molecule has 0 aromatic heterocycles. The van der Waals surface area contributed by atoms with Crippen LogP contribution in [-0.4, -0.2) is 17.3 Å². The average Bonchev–Trinajstić information content (AvgIpc) is 2.27. The molecule has 0 unspecified atom stereocenters. The van der Waals surface area contributed by atoms with Crippen molar-refractivity contribution in [2.45, 2.75) is 32.3 Å². The lowest BCUT2D eigenvalue weighted by Crippen LogP contribution is -2.35. The zero-order chi connectivity index (χ0) is 12.2. The number of nitrogens with two attached hydrogens (primary N) is 1. The Morgan fingerprint density at radius 3 is 2.50 bits per heavy atom. The molecule has 0 radical (unpaired) electrons. The number of rotatable bonds is 5. The summed E-state index contributed by atoms with van der Waals surface area (Å²) in [6, 6.07) is 5.59. The fourth-order valence-electron chi connectivity index (χ4n) is 1.43. The number of aliphatic hydroxyl groups is 1. The van der Waals surface area contributed by atoms with Crippen LogP contribution in [0.15, 0.2) is 22.7 Å². The molecule has 0 atom stereocenters. The molecule has 1 rings (SSSR count). The largest absolute Gasteiger partial charge is 0.399 e. The van der Waals surface area contributed by atoms with E-state index in [1.807, 2.05) is 32.0 Å². The van der Waals surface area contributed by atoms with Crippen LogP contribution < -0.4 is 11.1 Å². The van der Waals surface area contributed by atoms with E-state index in [1.165, 1.54) is 0 Å². The average molecular weight is 287 g/mol. The Balaban J connectivity index is 2.67. The Labute approximate surface area is 105 Å². The van der Waals surface area contributed by atoms with Gasteiger partial charge >= 0.3 is 0 Å². The van der Waals surface area contributed by atoms with Gasteiger partial charge in [0, 0.05) is 22.4 Å². The minimum absolute atomic E-state index is 0.544. The van der Waals surface area contributed by atoms with Crippen molar-refractivity contribution in [3.8, 4) is 0 Å². The van der Waals surface area contributed by atoms with Crippen LogP contribution in [0.3, 0.4) is 0 Å². The van der Waals surface area contributed by atoms with E-state index < -0.39 is 5.60 Å². The molecule has 90 valence electrons. The van der Waals surface area contributed by atoms with Crippen LogP contribution in [0, 0.1) is 0 Å². The second-order valence-corrected chi connectivity index (χ2v) is 4.88. The summed E-state index contributed by atoms with van der Waals surface area (Å²) in [4.78, 5) is 0. The lowest BCUT2D eigenvalue weighted by molar-refractivity contribution is 0.0457. The second kappa shape index (κ2) is 5.55. The van der Waals surface area contributed by atoms with Crippen LogP contribution in [0.5, 0.6) is 0 Å². The zero-order valence-corrected chi connectivity index (χ0v) is 11.3. The quantitative estimate of drug-likeness (QED) is 0.730. The van der Waals surface area contributed by atoms with E-state index in [0.717, 1.165) is 28.7 Å². The number of anilines is 2. The van der Waals surface area contributed by atoms with Crippen molar-refractivity contribution in [3.05, 3.63) is 22.7 Å². The third kappa shape index (κ3) is 3.39. The first-order chi connectivity index (χ1) is 7.50. The SMILES string of the molecule is CCC(O)(CC)CNc1ccc(N)cc1Br. The first-order valence-electron chi connectivity index (χ1n) is 5.52. The molecule has 0 amide bonds. The van der Waals surface area contributed by atoms with E-state index in [2.05, 4.69) is 21.2 Å². The van der Waals surface area contributed by atoms with Gasteiger partial charge in [-0.25, -0.2) is 0 Å². The van der Waals surface area contributed by atoms with Crippen LogP contribution in [0.1, 0.15) is 26.7 Å². The van der Waals surface area contributed by atoms with Crippen LogP contribution >= 0.6 is 15.9 Å². The lowest BCUT2D eigenvalue weighted by Gasteiger charge is -2.26. The Bertz CT molecular complexity index is 351. The molecule has 3 nitrogen and oxygen atoms in total. The summed E-state index contributed by atoms with van der Waals surface area (Å²) < 4.78 is 0.919. The Kier molecular flexibility index (Phi) is 4.62. The number of nitrogen functional groups attached to an aromatic ring is 1. The smallest absolute Gasteiger partial charge is 0.0814 e. The summed E-state index contributed by atoms with van der Waals surface area (Å²) >= 11 is 3.43. The van der Waals surface area contributed by atoms with Crippen LogP contribution in [-0.2, 0) is 0 Å². The molecule has 0 heterocycles. The molecule has 0 aliphatic heterocycles. The zero-order valence-electron chi connectivity index (χ0n) is 9.76. The van der Waals surface area contributed by atoms with Gasteiger partial charge in [0.25, 0.3) is 0 Å². The van der Waals surface area contributed by atoms with E-state index in [0.29, 0.717) is 6.54 Å². The summed E-state index contributed by atoms with van der Waals surface area (Å²) in [6.45, 7) is 4.52. The highest BCUT2D eigenvalue weighted by Crippen LogP contribution is 2.26. The highest BCUT2D eigenvalue weighted by molar-refractivity contribution is 9.10. The predicted octanol–water partition coefficient (Wildman–Crippen LogP) is 2.99. The standard InChI is InChI=1S/C12H19BrN2O/c1-3-12(16,4-2)8-15-11-6-5-9(14)7-10(11)13/h5-7,15-16H,3-4,8,14H2,1-2H3. The van der Waals surface area contributed by atoms with Crippen molar-refractivity contribution in [2.75, 3.05) is 17.6 Å². The van der Waals surface area contributed by atoms with E-state index in [9.17, 15) is 5.11 Å². The maximum Gasteiger partial charge on any atom is 0.0814 e. The first-order valence-corrected chi connectivity index (χ1v) is 6.31. The molecular formula is C12H19BrN2O. The molecular weight excluding hydrogens is 268 g/mol. The topological polar surface area (TPSA) is 58.3 Å². The molecule has 0 saturated carbocycles. The van der Waals surface area contributed by atoms with Crippen LogP contribution in [0.2, 0.25) is 0 Å². The van der Waals surface area contributed by atoms with Crippen LogP contribution in [0.25, 0.3) is 0 Å². The van der Waals surface area contributed by atoms with Gasteiger partial charge in [0.15, 0.2) is 0 Å². The van der Waals surface area contributed by atoms with Gasteiger partial charge in [-0.3, -0.25) is 0 Å². The molecule has 0 bridgehead atoms. The minimum atomic E-state index is -0.638. The highest BCUT2D eigenvalue weighted by atomic mass is 79.9. The van der Waals surface area contributed by atoms with Crippen molar-refractivity contribution in [2.24, 2.45) is 0 Å². The van der Waals surface area contributed by atoms with Crippen LogP contribution in [0.4, 0.5) is 11.4 Å². The molecule has 1 aromatic rings. The third-order valence-electron chi connectivity index (χ3n) is 2.92. The normalized spacial score (nSPS) is 11.5. The molecule has 0 fully saturated rings. The summed E-state index contributed by atoms with van der Waals surface area (Å²) in [5.41, 5.74) is 6.69. The van der Waals surface area contributed by atoms with Gasteiger partial charge < -0.3 is 16.2 Å². The number of halogens is 1. The molecule has 0 aliphatic rings. The molecule has 0 saturated heterocycles. The summed E-state index contributed by atoms with van der Waals surface area (Å²) in [5, 5.41) is 13.4. The van der Waals surface area contributed by atoms with E-state index >= 15 is 0 Å². The Morgan fingerprint density at radius 1 is 1.38 bits per heavy atom. The van der Waals surface area contributed by atoms with Gasteiger partial charge in [-0.05, 0) is 47.0 Å². The van der Waals surface area contributed by atoms with Crippen molar-refractivity contribution in [1.82, 2.24) is 0 Å². The van der Waals surface area contributed by atoms with Gasteiger partial charge in [-0.15, -0.1) is 0 Å². The Morgan fingerprint density at radius 2 is 2.00 bits per heavy atom. The van der Waals surface area contributed by atoms with Gasteiger partial charge in [0.05, 0.1) is 5.60 Å². The van der Waals surface area contributed by atoms with E-state index in [1.54, 1.807) is 0 Å². The lowest BCUT2D eigenvalue weighted by atomic mass is 9.97. The highest BCUT2D eigenvalue weighted by Gasteiger charge is 2.21. The molecule has 4 heteroatoms.